The van der Waals surface area contributed by atoms with Crippen molar-refractivity contribution in [1.29, 1.82) is 0 Å². The van der Waals surface area contributed by atoms with Crippen molar-refractivity contribution in [3.05, 3.63) is 0 Å². The number of amides is 4. The molecule has 8 nitrogen and oxygen atoms in total. The standard InChI is InChI=1S/C10H17N3O5/c1-3-11-9(17)6(2)12-10(18)13-7(14)4-5-8(15)16/h6H,3-5H2,1-2H3,(H,11,17)(H,15,16)(H2,12,13,14,18). The summed E-state index contributed by atoms with van der Waals surface area (Å²) in [6, 6.07) is -1.61. The summed E-state index contributed by atoms with van der Waals surface area (Å²) < 4.78 is 0. The Balaban J connectivity index is 3.99. The molecule has 0 aliphatic carbocycles. The van der Waals surface area contributed by atoms with Crippen LogP contribution in [0, 0.1) is 0 Å². The van der Waals surface area contributed by atoms with Gasteiger partial charge in [0.25, 0.3) is 0 Å². The van der Waals surface area contributed by atoms with Crippen LogP contribution in [0.4, 0.5) is 4.79 Å². The number of imide groups is 1. The van der Waals surface area contributed by atoms with Gasteiger partial charge in [0, 0.05) is 13.0 Å². The molecule has 0 aromatic heterocycles. The van der Waals surface area contributed by atoms with E-state index in [2.05, 4.69) is 10.6 Å². The van der Waals surface area contributed by atoms with Crippen molar-refractivity contribution in [2.75, 3.05) is 6.54 Å². The molecule has 0 spiro atoms. The molecule has 0 radical (unpaired) electrons. The third-order valence-electron chi connectivity index (χ3n) is 1.91. The highest BCUT2D eigenvalue weighted by Gasteiger charge is 2.16. The SMILES string of the molecule is CCNC(=O)C(C)NC(=O)NC(=O)CCC(=O)O. The normalized spacial score (nSPS) is 11.2. The van der Waals surface area contributed by atoms with Crippen molar-refractivity contribution in [2.45, 2.75) is 32.7 Å². The number of carbonyl (C=O) groups is 4. The quantitative estimate of drug-likeness (QED) is 0.497. The van der Waals surface area contributed by atoms with Crippen LogP contribution < -0.4 is 16.0 Å². The zero-order valence-electron chi connectivity index (χ0n) is 10.3. The first-order valence-electron chi connectivity index (χ1n) is 5.46. The molecule has 0 fully saturated rings. The van der Waals surface area contributed by atoms with E-state index in [1.54, 1.807) is 6.92 Å². The van der Waals surface area contributed by atoms with E-state index < -0.39 is 23.9 Å². The molecule has 102 valence electrons. The minimum Gasteiger partial charge on any atom is -0.481 e. The Kier molecular flexibility index (Phi) is 7.10. The summed E-state index contributed by atoms with van der Waals surface area (Å²) in [5.41, 5.74) is 0. The zero-order chi connectivity index (χ0) is 14.1. The van der Waals surface area contributed by atoms with E-state index in [0.717, 1.165) is 0 Å². The number of rotatable bonds is 6. The van der Waals surface area contributed by atoms with E-state index in [0.29, 0.717) is 6.54 Å². The van der Waals surface area contributed by atoms with Gasteiger partial charge in [-0.2, -0.15) is 0 Å². The minimum atomic E-state index is -1.12. The number of aliphatic carboxylic acids is 1. The summed E-state index contributed by atoms with van der Waals surface area (Å²) in [7, 11) is 0. The summed E-state index contributed by atoms with van der Waals surface area (Å²) in [6.07, 6.45) is -0.650. The first-order valence-corrected chi connectivity index (χ1v) is 5.46. The van der Waals surface area contributed by atoms with Gasteiger partial charge in [-0.25, -0.2) is 4.79 Å². The molecule has 4 N–H and O–H groups in total. The van der Waals surface area contributed by atoms with E-state index in [4.69, 9.17) is 5.11 Å². The fourth-order valence-electron chi connectivity index (χ4n) is 1.04. The molecular weight excluding hydrogens is 242 g/mol. The van der Waals surface area contributed by atoms with E-state index in [1.807, 2.05) is 5.32 Å². The van der Waals surface area contributed by atoms with Crippen LogP contribution in [-0.2, 0) is 14.4 Å². The smallest absolute Gasteiger partial charge is 0.322 e. The Morgan fingerprint density at radius 3 is 2.28 bits per heavy atom. The predicted molar refractivity (Wildman–Crippen MR) is 61.7 cm³/mol. The fraction of sp³-hybridized carbons (Fsp3) is 0.600. The number of hydrogen-bond donors (Lipinski definition) is 4. The maximum Gasteiger partial charge on any atom is 0.322 e. The Morgan fingerprint density at radius 2 is 1.78 bits per heavy atom. The van der Waals surface area contributed by atoms with Crippen LogP contribution in [0.1, 0.15) is 26.7 Å². The summed E-state index contributed by atoms with van der Waals surface area (Å²) >= 11 is 0. The fourth-order valence-corrected chi connectivity index (χ4v) is 1.04. The van der Waals surface area contributed by atoms with Crippen LogP contribution in [0.25, 0.3) is 0 Å². The van der Waals surface area contributed by atoms with Crippen LogP contribution in [-0.4, -0.2) is 41.5 Å². The van der Waals surface area contributed by atoms with Crippen molar-refractivity contribution in [3.8, 4) is 0 Å². The first kappa shape index (κ1) is 15.9. The molecule has 1 atom stereocenters. The molecule has 0 rings (SSSR count). The lowest BCUT2D eigenvalue weighted by molar-refractivity contribution is -0.138. The van der Waals surface area contributed by atoms with E-state index in [-0.39, 0.29) is 18.7 Å². The van der Waals surface area contributed by atoms with Crippen LogP contribution in [0.3, 0.4) is 0 Å². The number of urea groups is 1. The molecule has 4 amide bonds. The average molecular weight is 259 g/mol. The van der Waals surface area contributed by atoms with Gasteiger partial charge in [0.05, 0.1) is 6.42 Å². The molecular formula is C10H17N3O5. The Hall–Kier alpha value is -2.12. The van der Waals surface area contributed by atoms with Crippen LogP contribution in [0.15, 0.2) is 0 Å². The Labute approximate surface area is 104 Å². The first-order chi connectivity index (χ1) is 8.36. The van der Waals surface area contributed by atoms with Gasteiger partial charge in [0.15, 0.2) is 0 Å². The summed E-state index contributed by atoms with van der Waals surface area (Å²) in [4.78, 5) is 43.8. The summed E-state index contributed by atoms with van der Waals surface area (Å²) in [6.45, 7) is 3.64. The van der Waals surface area contributed by atoms with Gasteiger partial charge >= 0.3 is 12.0 Å². The molecule has 0 heterocycles. The van der Waals surface area contributed by atoms with Crippen molar-refractivity contribution in [3.63, 3.8) is 0 Å². The van der Waals surface area contributed by atoms with Crippen molar-refractivity contribution < 1.29 is 24.3 Å². The maximum atomic E-state index is 11.3. The number of carbonyl (C=O) groups excluding carboxylic acids is 3. The van der Waals surface area contributed by atoms with Crippen molar-refractivity contribution in [1.82, 2.24) is 16.0 Å². The lowest BCUT2D eigenvalue weighted by Gasteiger charge is -2.13. The number of likely N-dealkylation sites (N-methyl/N-ethyl adjacent to an activating group) is 1. The number of carboxylic acid groups (broad SMARTS) is 1. The number of nitrogens with one attached hydrogen (secondary N) is 3. The van der Waals surface area contributed by atoms with Gasteiger partial charge in [0.2, 0.25) is 11.8 Å². The third-order valence-corrected chi connectivity index (χ3v) is 1.91. The van der Waals surface area contributed by atoms with Gasteiger partial charge in [0.1, 0.15) is 6.04 Å². The van der Waals surface area contributed by atoms with E-state index >= 15 is 0 Å². The predicted octanol–water partition coefficient (Wildman–Crippen LogP) is -0.798. The van der Waals surface area contributed by atoms with E-state index in [1.165, 1.54) is 6.92 Å². The average Bonchev–Trinajstić information content (AvgIpc) is 2.26. The molecule has 0 saturated heterocycles. The lowest BCUT2D eigenvalue weighted by Crippen LogP contribution is -2.49. The monoisotopic (exact) mass is 259 g/mol. The maximum absolute atomic E-state index is 11.3. The summed E-state index contributed by atoms with van der Waals surface area (Å²) in [5, 5.41) is 15.0. The molecule has 0 aromatic carbocycles. The largest absolute Gasteiger partial charge is 0.481 e. The highest BCUT2D eigenvalue weighted by atomic mass is 16.4. The highest BCUT2D eigenvalue weighted by Crippen LogP contribution is 1.89. The second-order valence-corrected chi connectivity index (χ2v) is 3.53. The van der Waals surface area contributed by atoms with Gasteiger partial charge < -0.3 is 15.7 Å². The van der Waals surface area contributed by atoms with Crippen molar-refractivity contribution >= 4 is 23.8 Å². The minimum absolute atomic E-state index is 0.293. The third kappa shape index (κ3) is 7.20. The zero-order valence-corrected chi connectivity index (χ0v) is 10.3. The molecule has 0 bridgehead atoms. The summed E-state index contributed by atoms with van der Waals surface area (Å²) in [5.74, 6) is -2.20. The molecule has 18 heavy (non-hydrogen) atoms. The highest BCUT2D eigenvalue weighted by molar-refractivity contribution is 5.97. The second-order valence-electron chi connectivity index (χ2n) is 3.53. The topological polar surface area (TPSA) is 125 Å². The van der Waals surface area contributed by atoms with E-state index in [9.17, 15) is 19.2 Å². The second kappa shape index (κ2) is 8.04. The molecule has 0 aromatic rings. The molecule has 0 aliphatic heterocycles. The number of carboxylic acids is 1. The van der Waals surface area contributed by atoms with Gasteiger partial charge in [-0.3, -0.25) is 19.7 Å². The Bertz CT molecular complexity index is 342. The van der Waals surface area contributed by atoms with Gasteiger partial charge in [-0.05, 0) is 13.8 Å². The van der Waals surface area contributed by atoms with Crippen LogP contribution in [0.5, 0.6) is 0 Å². The molecule has 8 heteroatoms. The lowest BCUT2D eigenvalue weighted by atomic mass is 10.3. The molecule has 0 aliphatic rings. The van der Waals surface area contributed by atoms with Gasteiger partial charge in [-0.15, -0.1) is 0 Å². The van der Waals surface area contributed by atoms with Crippen LogP contribution >= 0.6 is 0 Å². The molecule has 0 saturated carbocycles. The van der Waals surface area contributed by atoms with Gasteiger partial charge in [-0.1, -0.05) is 0 Å². The van der Waals surface area contributed by atoms with Crippen LogP contribution in [0.2, 0.25) is 0 Å². The molecule has 1 unspecified atom stereocenters. The number of hydrogen-bond acceptors (Lipinski definition) is 4. The van der Waals surface area contributed by atoms with Crippen molar-refractivity contribution in [2.24, 2.45) is 0 Å². The Morgan fingerprint density at radius 1 is 1.17 bits per heavy atom.